The lowest BCUT2D eigenvalue weighted by Crippen LogP contribution is -2.42. The van der Waals surface area contributed by atoms with E-state index in [0.717, 1.165) is 13.0 Å². The molecule has 3 atom stereocenters. The zero-order valence-corrected chi connectivity index (χ0v) is 13.6. The minimum absolute atomic E-state index is 0.0711. The summed E-state index contributed by atoms with van der Waals surface area (Å²) in [6, 6.07) is 6.73. The van der Waals surface area contributed by atoms with Crippen LogP contribution >= 0.6 is 0 Å². The van der Waals surface area contributed by atoms with Gasteiger partial charge in [-0.1, -0.05) is 6.07 Å². The van der Waals surface area contributed by atoms with Gasteiger partial charge in [-0.3, -0.25) is 0 Å². The highest BCUT2D eigenvalue weighted by Gasteiger charge is 2.47. The van der Waals surface area contributed by atoms with E-state index in [1.54, 1.807) is 28.6 Å². The summed E-state index contributed by atoms with van der Waals surface area (Å²) in [5.41, 5.74) is 0. The first-order valence-electron chi connectivity index (χ1n) is 7.82. The van der Waals surface area contributed by atoms with Crippen molar-refractivity contribution in [1.29, 1.82) is 0 Å². The van der Waals surface area contributed by atoms with Gasteiger partial charge < -0.3 is 10.4 Å². The Labute approximate surface area is 135 Å². The van der Waals surface area contributed by atoms with Crippen molar-refractivity contribution >= 4 is 20.8 Å². The Morgan fingerprint density at radius 3 is 2.91 bits per heavy atom. The van der Waals surface area contributed by atoms with E-state index in [4.69, 9.17) is 0 Å². The minimum Gasteiger partial charge on any atom is -0.493 e. The van der Waals surface area contributed by atoms with Crippen molar-refractivity contribution in [3.8, 4) is 5.88 Å². The summed E-state index contributed by atoms with van der Waals surface area (Å²) in [5.74, 6) is 0.234. The molecule has 0 amide bonds. The summed E-state index contributed by atoms with van der Waals surface area (Å²) in [5, 5.41) is 14.3. The van der Waals surface area contributed by atoms with E-state index in [-0.39, 0.29) is 22.9 Å². The number of nitrogens with zero attached hydrogens (tertiary/aromatic N) is 2. The number of benzene rings is 1. The van der Waals surface area contributed by atoms with Crippen LogP contribution in [0.2, 0.25) is 0 Å². The quantitative estimate of drug-likeness (QED) is 0.866. The maximum absolute atomic E-state index is 13.2. The Hall–Kier alpha value is -1.70. The van der Waals surface area contributed by atoms with Gasteiger partial charge in [0.05, 0.1) is 4.90 Å². The lowest BCUT2D eigenvalue weighted by molar-refractivity contribution is 0.373. The van der Waals surface area contributed by atoms with Gasteiger partial charge in [-0.25, -0.2) is 13.4 Å². The van der Waals surface area contributed by atoms with Crippen molar-refractivity contribution in [2.45, 2.75) is 30.3 Å². The highest BCUT2D eigenvalue weighted by atomic mass is 32.2. The summed E-state index contributed by atoms with van der Waals surface area (Å²) >= 11 is 0. The van der Waals surface area contributed by atoms with E-state index >= 15 is 0 Å². The third-order valence-electron chi connectivity index (χ3n) is 5.12. The van der Waals surface area contributed by atoms with Crippen LogP contribution in [0, 0.1) is 5.92 Å². The molecule has 4 rings (SSSR count). The number of hydrogen-bond donors (Lipinski definition) is 2. The number of aromatic hydroxyl groups is 1. The average Bonchev–Trinajstić information content (AvgIpc) is 3.11. The molecular weight excluding hydrogens is 314 g/mol. The molecule has 0 saturated carbocycles. The first-order chi connectivity index (χ1) is 11.0. The van der Waals surface area contributed by atoms with Gasteiger partial charge in [-0.15, -0.1) is 0 Å². The molecule has 0 aliphatic carbocycles. The molecular formula is C16H19N3O3S. The number of aromatic nitrogens is 1. The van der Waals surface area contributed by atoms with Gasteiger partial charge in [0.25, 0.3) is 0 Å². The maximum Gasteiger partial charge on any atom is 0.243 e. The zero-order chi connectivity index (χ0) is 16.2. The Morgan fingerprint density at radius 2 is 2.13 bits per heavy atom. The van der Waals surface area contributed by atoms with Crippen molar-refractivity contribution in [2.75, 3.05) is 13.1 Å². The number of rotatable bonds is 2. The molecule has 1 aromatic heterocycles. The van der Waals surface area contributed by atoms with Gasteiger partial charge in [-0.05, 0) is 44.0 Å². The van der Waals surface area contributed by atoms with Crippen molar-refractivity contribution < 1.29 is 13.5 Å². The fourth-order valence-electron chi connectivity index (χ4n) is 3.96. The van der Waals surface area contributed by atoms with Gasteiger partial charge >= 0.3 is 0 Å². The number of nitrogens with one attached hydrogen (secondary N) is 1. The monoisotopic (exact) mass is 333 g/mol. The standard InChI is InChI=1S/C16H19N3O3S/c1-10-15-11(5-7-17-15)9-19(10)23(21,22)14-4-2-3-13-12(14)6-8-18-16(13)20/h2-4,6,8,10-11,15,17H,5,7,9H2,1H3,(H,18,20). The summed E-state index contributed by atoms with van der Waals surface area (Å²) in [6.45, 7) is 3.47. The molecule has 2 aliphatic rings. The van der Waals surface area contributed by atoms with Crippen molar-refractivity contribution in [2.24, 2.45) is 5.92 Å². The molecule has 2 aliphatic heterocycles. The molecule has 3 unspecified atom stereocenters. The molecule has 2 fully saturated rings. The van der Waals surface area contributed by atoms with Crippen molar-refractivity contribution in [1.82, 2.24) is 14.6 Å². The maximum atomic E-state index is 13.2. The third kappa shape index (κ3) is 2.14. The van der Waals surface area contributed by atoms with Crippen LogP contribution in [0.25, 0.3) is 10.8 Å². The fourth-order valence-corrected chi connectivity index (χ4v) is 5.87. The van der Waals surface area contributed by atoms with E-state index in [0.29, 0.717) is 23.2 Å². The molecule has 122 valence electrons. The predicted molar refractivity (Wildman–Crippen MR) is 86.7 cm³/mol. The van der Waals surface area contributed by atoms with Crippen LogP contribution in [-0.4, -0.2) is 48.0 Å². The molecule has 7 heteroatoms. The van der Waals surface area contributed by atoms with Crippen LogP contribution in [0.15, 0.2) is 35.4 Å². The average molecular weight is 333 g/mol. The Morgan fingerprint density at radius 1 is 1.30 bits per heavy atom. The van der Waals surface area contributed by atoms with Crippen molar-refractivity contribution in [3.05, 3.63) is 30.5 Å². The first kappa shape index (κ1) is 14.9. The topological polar surface area (TPSA) is 82.5 Å². The Bertz CT molecular complexity index is 868. The lowest BCUT2D eigenvalue weighted by Gasteiger charge is -2.24. The number of sulfonamides is 1. The van der Waals surface area contributed by atoms with E-state index in [1.165, 1.54) is 6.20 Å². The number of hydrogen-bond acceptors (Lipinski definition) is 5. The van der Waals surface area contributed by atoms with Crippen LogP contribution < -0.4 is 5.32 Å². The van der Waals surface area contributed by atoms with Gasteiger partial charge in [0, 0.05) is 35.6 Å². The SMILES string of the molecule is CC1C2NCCC2CN1S(=O)(=O)c1cccc2c(O)nccc12. The molecule has 2 aromatic rings. The number of pyridine rings is 1. The normalized spacial score (nSPS) is 28.3. The third-order valence-corrected chi connectivity index (χ3v) is 7.13. The molecule has 2 N–H and O–H groups in total. The van der Waals surface area contributed by atoms with Crippen molar-refractivity contribution in [3.63, 3.8) is 0 Å². The van der Waals surface area contributed by atoms with E-state index < -0.39 is 10.0 Å². The van der Waals surface area contributed by atoms with Crippen LogP contribution in [0.3, 0.4) is 0 Å². The van der Waals surface area contributed by atoms with Gasteiger partial charge in [0.1, 0.15) is 0 Å². The highest BCUT2D eigenvalue weighted by molar-refractivity contribution is 7.89. The molecule has 0 bridgehead atoms. The summed E-state index contributed by atoms with van der Waals surface area (Å²) in [7, 11) is -3.62. The minimum atomic E-state index is -3.62. The van der Waals surface area contributed by atoms with E-state index in [1.807, 2.05) is 6.92 Å². The second-order valence-electron chi connectivity index (χ2n) is 6.33. The van der Waals surface area contributed by atoms with E-state index in [2.05, 4.69) is 10.3 Å². The molecule has 23 heavy (non-hydrogen) atoms. The highest BCUT2D eigenvalue weighted by Crippen LogP contribution is 2.36. The van der Waals surface area contributed by atoms with Gasteiger partial charge in [0.15, 0.2) is 0 Å². The van der Waals surface area contributed by atoms with Crippen LogP contribution in [-0.2, 0) is 10.0 Å². The number of fused-ring (bicyclic) bond motifs is 2. The smallest absolute Gasteiger partial charge is 0.243 e. The summed E-state index contributed by atoms with van der Waals surface area (Å²) in [6.07, 6.45) is 2.45. The first-order valence-corrected chi connectivity index (χ1v) is 9.26. The van der Waals surface area contributed by atoms with Crippen LogP contribution in [0.4, 0.5) is 0 Å². The molecule has 0 spiro atoms. The summed E-state index contributed by atoms with van der Waals surface area (Å²) in [4.78, 5) is 4.06. The second-order valence-corrected chi connectivity index (χ2v) is 8.19. The van der Waals surface area contributed by atoms with E-state index in [9.17, 15) is 13.5 Å². The predicted octanol–water partition coefficient (Wildman–Crippen LogP) is 1.31. The van der Waals surface area contributed by atoms with Crippen LogP contribution in [0.1, 0.15) is 13.3 Å². The molecule has 0 radical (unpaired) electrons. The Kier molecular flexibility index (Phi) is 3.33. The summed E-state index contributed by atoms with van der Waals surface area (Å²) < 4.78 is 28.0. The zero-order valence-electron chi connectivity index (χ0n) is 12.8. The second kappa shape index (κ2) is 5.15. The molecule has 6 nitrogen and oxygen atoms in total. The lowest BCUT2D eigenvalue weighted by atomic mass is 10.0. The molecule has 3 heterocycles. The largest absolute Gasteiger partial charge is 0.493 e. The Balaban J connectivity index is 1.83. The van der Waals surface area contributed by atoms with Gasteiger partial charge in [-0.2, -0.15) is 4.31 Å². The van der Waals surface area contributed by atoms with Crippen LogP contribution in [0.5, 0.6) is 5.88 Å². The fraction of sp³-hybridized carbons (Fsp3) is 0.438. The molecule has 2 saturated heterocycles. The van der Waals surface area contributed by atoms with Gasteiger partial charge in [0.2, 0.25) is 15.9 Å². The molecule has 1 aromatic carbocycles.